The highest BCUT2D eigenvalue weighted by Crippen LogP contribution is 2.50. The fourth-order valence-electron chi connectivity index (χ4n) is 6.14. The number of amides is 1. The predicted octanol–water partition coefficient (Wildman–Crippen LogP) is 0.756. The Morgan fingerprint density at radius 1 is 1.03 bits per heavy atom. The van der Waals surface area contributed by atoms with Gasteiger partial charge >= 0.3 is 0 Å². The number of aliphatic hydroxyl groups is 1. The number of nitrogens with one attached hydrogen (secondary N) is 1. The van der Waals surface area contributed by atoms with Crippen molar-refractivity contribution in [2.24, 2.45) is 29.4 Å². The number of phenolic OH excluding ortho intramolecular Hbond substituents is 1. The summed E-state index contributed by atoms with van der Waals surface area (Å²) in [5.74, 6) is -10.7. The van der Waals surface area contributed by atoms with Gasteiger partial charge in [0.2, 0.25) is 5.91 Å². The van der Waals surface area contributed by atoms with Gasteiger partial charge in [-0.2, -0.15) is 0 Å². The summed E-state index contributed by atoms with van der Waals surface area (Å²) < 4.78 is 13.2. The lowest BCUT2D eigenvalue weighted by atomic mass is 9.53. The molecule has 3 aliphatic carbocycles. The maximum absolute atomic E-state index is 13.5. The molecular formula is C27H25FN2O7. The van der Waals surface area contributed by atoms with E-state index < -0.39 is 58.3 Å². The van der Waals surface area contributed by atoms with Gasteiger partial charge < -0.3 is 21.3 Å². The molecular weight excluding hydrogens is 483 g/mol. The molecule has 192 valence electrons. The van der Waals surface area contributed by atoms with Crippen LogP contribution in [0.4, 0.5) is 4.39 Å². The summed E-state index contributed by atoms with van der Waals surface area (Å²) in [7, 11) is 0. The first-order valence-corrected chi connectivity index (χ1v) is 12.0. The van der Waals surface area contributed by atoms with Gasteiger partial charge in [-0.15, -0.1) is 0 Å². The Balaban J connectivity index is 1.44. The van der Waals surface area contributed by atoms with Gasteiger partial charge in [0, 0.05) is 25.4 Å². The van der Waals surface area contributed by atoms with Crippen LogP contribution in [-0.2, 0) is 38.7 Å². The van der Waals surface area contributed by atoms with Crippen LogP contribution in [0.5, 0.6) is 5.75 Å². The van der Waals surface area contributed by atoms with Gasteiger partial charge in [-0.3, -0.25) is 24.0 Å². The van der Waals surface area contributed by atoms with Crippen molar-refractivity contribution >= 4 is 29.0 Å². The lowest BCUT2D eigenvalue weighted by Crippen LogP contribution is -2.68. The average molecular weight is 509 g/mol. The minimum absolute atomic E-state index is 0.0384. The number of carbonyl (C=O) groups excluding carboxylic acids is 5. The zero-order chi connectivity index (χ0) is 26.6. The summed E-state index contributed by atoms with van der Waals surface area (Å²) in [6.45, 7) is 0.748. The van der Waals surface area contributed by atoms with Crippen LogP contribution in [0, 0.1) is 29.5 Å². The first-order valence-electron chi connectivity index (χ1n) is 12.0. The van der Waals surface area contributed by atoms with Gasteiger partial charge in [0.1, 0.15) is 11.6 Å². The molecule has 0 heterocycles. The van der Waals surface area contributed by atoms with Crippen molar-refractivity contribution in [1.82, 2.24) is 5.32 Å². The van der Waals surface area contributed by atoms with E-state index in [9.17, 15) is 38.6 Å². The molecule has 0 aliphatic heterocycles. The molecule has 5 rings (SSSR count). The number of Topliss-reactive ketones (excluding diaryl/α,β-unsaturated/α-hetero) is 4. The Kier molecular flexibility index (Phi) is 6.04. The van der Waals surface area contributed by atoms with Gasteiger partial charge in [-0.1, -0.05) is 18.2 Å². The van der Waals surface area contributed by atoms with Gasteiger partial charge in [0.25, 0.3) is 0 Å². The van der Waals surface area contributed by atoms with Crippen molar-refractivity contribution in [1.29, 1.82) is 0 Å². The van der Waals surface area contributed by atoms with Gasteiger partial charge in [-0.05, 0) is 53.6 Å². The molecule has 2 aromatic carbocycles. The standard InChI is InChI=1S/C27H25FN2O7/c28-16-4-1-12(2-5-16)10-30-11-13-3-6-18(31)21-17(13)8-14-7-15-9-19(32)22(26(29)36)25(35)27(15,37)24(34)20(14)23(21)33/h1-6,14-15,20,22,30-31,37H,7-11H2,(H2,29,36)/t14-,15+,20?,22?,27+/m1/s1. The Morgan fingerprint density at radius 2 is 1.73 bits per heavy atom. The molecule has 5 N–H and O–H groups in total. The SMILES string of the molecule is NC(=O)C1C(=O)C[C@@H]2C[C@@H]3Cc4c(CNCc5ccc(F)cc5)ccc(O)c4C(=O)C3C(=O)[C@]2(O)C1=O. The zero-order valence-corrected chi connectivity index (χ0v) is 19.7. The second-order valence-electron chi connectivity index (χ2n) is 10.1. The van der Waals surface area contributed by atoms with E-state index in [2.05, 4.69) is 5.32 Å². The highest BCUT2D eigenvalue weighted by Gasteiger charge is 2.66. The average Bonchev–Trinajstić information content (AvgIpc) is 2.83. The quantitative estimate of drug-likeness (QED) is 0.430. The fourth-order valence-corrected chi connectivity index (χ4v) is 6.14. The summed E-state index contributed by atoms with van der Waals surface area (Å²) >= 11 is 0. The Bertz CT molecular complexity index is 1360. The number of primary amides is 1. The van der Waals surface area contributed by atoms with Crippen LogP contribution in [-0.4, -0.2) is 44.9 Å². The van der Waals surface area contributed by atoms with Crippen LogP contribution in [0.2, 0.25) is 0 Å². The molecule has 3 aliphatic rings. The number of halogens is 1. The van der Waals surface area contributed by atoms with E-state index >= 15 is 0 Å². The molecule has 2 saturated carbocycles. The minimum atomic E-state index is -2.66. The van der Waals surface area contributed by atoms with Gasteiger partial charge in [0.15, 0.2) is 34.7 Å². The summed E-state index contributed by atoms with van der Waals surface area (Å²) in [6, 6.07) is 9.02. The highest BCUT2D eigenvalue weighted by atomic mass is 19.1. The van der Waals surface area contributed by atoms with Gasteiger partial charge in [0.05, 0.1) is 11.5 Å². The third-order valence-corrected chi connectivity index (χ3v) is 7.94. The van der Waals surface area contributed by atoms with E-state index in [1.807, 2.05) is 0 Å². The fraction of sp³-hybridized carbons (Fsp3) is 0.370. The third kappa shape index (κ3) is 3.87. The molecule has 0 bridgehead atoms. The number of aromatic hydroxyl groups is 1. The second-order valence-corrected chi connectivity index (χ2v) is 10.1. The van der Waals surface area contributed by atoms with E-state index in [-0.39, 0.29) is 36.4 Å². The van der Waals surface area contributed by atoms with Crippen molar-refractivity contribution in [2.75, 3.05) is 0 Å². The zero-order valence-electron chi connectivity index (χ0n) is 19.7. The molecule has 2 fully saturated rings. The van der Waals surface area contributed by atoms with Crippen molar-refractivity contribution in [3.63, 3.8) is 0 Å². The molecule has 2 aromatic rings. The van der Waals surface area contributed by atoms with Crippen LogP contribution in [0.3, 0.4) is 0 Å². The summed E-state index contributed by atoms with van der Waals surface area (Å²) in [5.41, 5.74) is 4.62. The molecule has 37 heavy (non-hydrogen) atoms. The number of rotatable bonds is 5. The Labute approximate surface area is 210 Å². The molecule has 5 atom stereocenters. The topological polar surface area (TPSA) is 164 Å². The smallest absolute Gasteiger partial charge is 0.235 e. The lowest BCUT2D eigenvalue weighted by molar-refractivity contribution is -0.175. The van der Waals surface area contributed by atoms with Crippen molar-refractivity contribution in [3.8, 4) is 5.75 Å². The number of fused-ring (bicyclic) bond motifs is 3. The number of phenols is 1. The number of hydrogen-bond acceptors (Lipinski definition) is 8. The first-order chi connectivity index (χ1) is 17.5. The highest BCUT2D eigenvalue weighted by molar-refractivity contribution is 6.31. The summed E-state index contributed by atoms with van der Waals surface area (Å²) in [4.78, 5) is 64.2. The molecule has 2 unspecified atom stereocenters. The molecule has 0 radical (unpaired) electrons. The first kappa shape index (κ1) is 24.9. The van der Waals surface area contributed by atoms with Crippen LogP contribution in [0.25, 0.3) is 0 Å². The largest absolute Gasteiger partial charge is 0.507 e. The molecule has 10 heteroatoms. The van der Waals surface area contributed by atoms with Crippen molar-refractivity contribution in [3.05, 3.63) is 64.5 Å². The van der Waals surface area contributed by atoms with Crippen molar-refractivity contribution in [2.45, 2.75) is 38.0 Å². The van der Waals surface area contributed by atoms with Crippen LogP contribution in [0.15, 0.2) is 36.4 Å². The van der Waals surface area contributed by atoms with E-state index in [4.69, 9.17) is 5.73 Å². The molecule has 9 nitrogen and oxygen atoms in total. The maximum atomic E-state index is 13.5. The molecule has 0 saturated heterocycles. The maximum Gasteiger partial charge on any atom is 0.235 e. The lowest BCUT2D eigenvalue weighted by Gasteiger charge is -2.48. The minimum Gasteiger partial charge on any atom is -0.507 e. The third-order valence-electron chi connectivity index (χ3n) is 7.94. The Hall–Kier alpha value is -3.76. The van der Waals surface area contributed by atoms with Crippen LogP contribution < -0.4 is 11.1 Å². The second kappa shape index (κ2) is 8.97. The summed E-state index contributed by atoms with van der Waals surface area (Å²) in [5, 5.41) is 25.0. The van der Waals surface area contributed by atoms with E-state index in [1.54, 1.807) is 18.2 Å². The normalized spacial score (nSPS) is 28.9. The number of carbonyl (C=O) groups is 5. The van der Waals surface area contributed by atoms with Crippen LogP contribution in [0.1, 0.15) is 39.9 Å². The van der Waals surface area contributed by atoms with Gasteiger partial charge in [-0.25, -0.2) is 4.39 Å². The van der Waals surface area contributed by atoms with Crippen molar-refractivity contribution < 1.29 is 38.6 Å². The van der Waals surface area contributed by atoms with E-state index in [0.717, 1.165) is 11.1 Å². The predicted molar refractivity (Wildman–Crippen MR) is 125 cm³/mol. The molecule has 0 spiro atoms. The number of benzene rings is 2. The monoisotopic (exact) mass is 508 g/mol. The Morgan fingerprint density at radius 3 is 2.41 bits per heavy atom. The van der Waals surface area contributed by atoms with E-state index in [0.29, 0.717) is 18.7 Å². The molecule has 1 amide bonds. The molecule has 0 aromatic heterocycles. The van der Waals surface area contributed by atoms with Crippen LogP contribution >= 0.6 is 0 Å². The summed E-state index contributed by atoms with van der Waals surface area (Å²) in [6.07, 6.45) is -0.120. The van der Waals surface area contributed by atoms with E-state index in [1.165, 1.54) is 18.2 Å². The number of hydrogen-bond donors (Lipinski definition) is 4. The number of nitrogens with two attached hydrogens (primary N) is 1. The number of ketones is 4.